The minimum absolute atomic E-state index is 0.587. The molecule has 0 bridgehead atoms. The fraction of sp³-hybridized carbons (Fsp3) is 0.250. The maximum atomic E-state index is 5.65. The lowest BCUT2D eigenvalue weighted by Gasteiger charge is -2.11. The second kappa shape index (κ2) is 6.34. The van der Waals surface area contributed by atoms with Crippen molar-refractivity contribution in [1.29, 1.82) is 0 Å². The molecule has 114 valence electrons. The van der Waals surface area contributed by atoms with Gasteiger partial charge in [0, 0.05) is 18.0 Å². The number of aromatic nitrogens is 4. The van der Waals surface area contributed by atoms with Gasteiger partial charge in [-0.25, -0.2) is 9.97 Å². The molecule has 0 radical (unpaired) electrons. The number of ether oxygens (including phenoxy) is 2. The van der Waals surface area contributed by atoms with E-state index in [2.05, 4.69) is 19.9 Å². The topological polar surface area (TPSA) is 75.8 Å². The number of nitrogens with one attached hydrogen (secondary N) is 2. The fourth-order valence-corrected chi connectivity index (χ4v) is 2.20. The average molecular weight is 298 g/mol. The van der Waals surface area contributed by atoms with E-state index in [4.69, 9.17) is 9.47 Å². The number of hydrogen-bond acceptors (Lipinski definition) is 4. The standard InChI is InChI=1S/C16H18N4O2/c1-3-21-13-6-5-11(9-14(13)22-4-2)12-10-19-16(20-12)15-17-7-8-18-15/h5-10H,3-4H2,1-2H3,(H,17,18)(H,19,20). The molecular formula is C16H18N4O2. The normalized spacial score (nSPS) is 10.6. The highest BCUT2D eigenvalue weighted by molar-refractivity contribution is 5.65. The van der Waals surface area contributed by atoms with E-state index in [-0.39, 0.29) is 0 Å². The minimum Gasteiger partial charge on any atom is -0.490 e. The number of aromatic amines is 2. The summed E-state index contributed by atoms with van der Waals surface area (Å²) in [7, 11) is 0. The molecule has 0 aliphatic carbocycles. The second-order valence-electron chi connectivity index (χ2n) is 4.61. The summed E-state index contributed by atoms with van der Waals surface area (Å²) in [5.41, 5.74) is 1.88. The molecule has 0 saturated carbocycles. The minimum atomic E-state index is 0.587. The molecule has 22 heavy (non-hydrogen) atoms. The van der Waals surface area contributed by atoms with Crippen molar-refractivity contribution in [1.82, 2.24) is 19.9 Å². The molecule has 6 heteroatoms. The molecule has 2 heterocycles. The van der Waals surface area contributed by atoms with Crippen LogP contribution in [-0.2, 0) is 0 Å². The number of benzene rings is 1. The molecule has 0 aliphatic rings. The van der Waals surface area contributed by atoms with Crippen LogP contribution in [0.3, 0.4) is 0 Å². The van der Waals surface area contributed by atoms with Crippen molar-refractivity contribution in [3.05, 3.63) is 36.8 Å². The highest BCUT2D eigenvalue weighted by Crippen LogP contribution is 2.32. The van der Waals surface area contributed by atoms with Gasteiger partial charge in [0.1, 0.15) is 0 Å². The van der Waals surface area contributed by atoms with E-state index in [1.165, 1.54) is 0 Å². The van der Waals surface area contributed by atoms with E-state index in [1.54, 1.807) is 18.6 Å². The summed E-state index contributed by atoms with van der Waals surface area (Å²) in [6.07, 6.45) is 5.24. The third-order valence-corrected chi connectivity index (χ3v) is 3.15. The van der Waals surface area contributed by atoms with Gasteiger partial charge >= 0.3 is 0 Å². The van der Waals surface area contributed by atoms with E-state index in [9.17, 15) is 0 Å². The number of hydrogen-bond donors (Lipinski definition) is 2. The molecule has 3 rings (SSSR count). The number of rotatable bonds is 6. The largest absolute Gasteiger partial charge is 0.490 e. The van der Waals surface area contributed by atoms with Gasteiger partial charge in [-0.2, -0.15) is 0 Å². The molecule has 3 aromatic rings. The van der Waals surface area contributed by atoms with Crippen molar-refractivity contribution in [2.24, 2.45) is 0 Å². The number of imidazole rings is 2. The third kappa shape index (κ3) is 2.81. The summed E-state index contributed by atoms with van der Waals surface area (Å²) >= 11 is 0. The van der Waals surface area contributed by atoms with Gasteiger partial charge in [-0.05, 0) is 32.0 Å². The highest BCUT2D eigenvalue weighted by atomic mass is 16.5. The summed E-state index contributed by atoms with van der Waals surface area (Å²) < 4.78 is 11.2. The van der Waals surface area contributed by atoms with E-state index >= 15 is 0 Å². The molecule has 2 N–H and O–H groups in total. The van der Waals surface area contributed by atoms with Gasteiger partial charge in [0.25, 0.3) is 0 Å². The summed E-state index contributed by atoms with van der Waals surface area (Å²) in [6.45, 7) is 5.10. The first-order valence-electron chi connectivity index (χ1n) is 7.26. The van der Waals surface area contributed by atoms with Gasteiger partial charge in [0.2, 0.25) is 0 Å². The SMILES string of the molecule is CCOc1ccc(-c2cnc(-c3ncc[nH]3)[nH]2)cc1OCC. The van der Waals surface area contributed by atoms with Gasteiger partial charge in [0.15, 0.2) is 23.1 Å². The Morgan fingerprint density at radius 3 is 2.55 bits per heavy atom. The van der Waals surface area contributed by atoms with Crippen molar-refractivity contribution < 1.29 is 9.47 Å². The van der Waals surface area contributed by atoms with Crippen molar-refractivity contribution in [2.45, 2.75) is 13.8 Å². The van der Waals surface area contributed by atoms with E-state index in [0.29, 0.717) is 24.9 Å². The van der Waals surface area contributed by atoms with Crippen LogP contribution in [0.1, 0.15) is 13.8 Å². The van der Waals surface area contributed by atoms with Crippen LogP contribution in [0.25, 0.3) is 22.9 Å². The first-order valence-corrected chi connectivity index (χ1v) is 7.26. The molecule has 0 spiro atoms. The van der Waals surface area contributed by atoms with Crippen molar-refractivity contribution >= 4 is 0 Å². The zero-order valence-electron chi connectivity index (χ0n) is 12.6. The molecule has 2 aromatic heterocycles. The summed E-state index contributed by atoms with van der Waals surface area (Å²) in [5.74, 6) is 2.89. The lowest BCUT2D eigenvalue weighted by molar-refractivity contribution is 0.288. The van der Waals surface area contributed by atoms with Crippen LogP contribution >= 0.6 is 0 Å². The monoisotopic (exact) mass is 298 g/mol. The molecule has 1 aromatic carbocycles. The van der Waals surface area contributed by atoms with Gasteiger partial charge < -0.3 is 19.4 Å². The van der Waals surface area contributed by atoms with E-state index in [1.807, 2.05) is 32.0 Å². The molecule has 6 nitrogen and oxygen atoms in total. The van der Waals surface area contributed by atoms with Crippen LogP contribution in [0.15, 0.2) is 36.8 Å². The lowest BCUT2D eigenvalue weighted by Crippen LogP contribution is -1.98. The zero-order valence-corrected chi connectivity index (χ0v) is 12.6. The third-order valence-electron chi connectivity index (χ3n) is 3.15. The Kier molecular flexibility index (Phi) is 4.09. The first-order chi connectivity index (χ1) is 10.8. The first kappa shape index (κ1) is 14.2. The van der Waals surface area contributed by atoms with Crippen LogP contribution in [-0.4, -0.2) is 33.1 Å². The Balaban J connectivity index is 1.93. The Bertz CT molecular complexity index is 734. The van der Waals surface area contributed by atoms with Crippen LogP contribution < -0.4 is 9.47 Å². The molecule has 0 amide bonds. The van der Waals surface area contributed by atoms with Crippen LogP contribution in [0.5, 0.6) is 11.5 Å². The van der Waals surface area contributed by atoms with Crippen molar-refractivity contribution in [3.63, 3.8) is 0 Å². The maximum Gasteiger partial charge on any atom is 0.174 e. The smallest absolute Gasteiger partial charge is 0.174 e. The van der Waals surface area contributed by atoms with Crippen LogP contribution in [0, 0.1) is 0 Å². The molecule has 0 saturated heterocycles. The molecule has 0 atom stereocenters. The summed E-state index contributed by atoms with van der Waals surface area (Å²) in [5, 5.41) is 0. The molecule has 0 fully saturated rings. The van der Waals surface area contributed by atoms with Gasteiger partial charge in [-0.15, -0.1) is 0 Å². The Labute approximate surface area is 128 Å². The summed E-state index contributed by atoms with van der Waals surface area (Å²) in [4.78, 5) is 14.8. The second-order valence-corrected chi connectivity index (χ2v) is 4.61. The lowest BCUT2D eigenvalue weighted by atomic mass is 10.1. The average Bonchev–Trinajstić information content (AvgIpc) is 3.20. The van der Waals surface area contributed by atoms with Crippen LogP contribution in [0.2, 0.25) is 0 Å². The summed E-state index contributed by atoms with van der Waals surface area (Å²) in [6, 6.07) is 5.85. The maximum absolute atomic E-state index is 5.65. The number of nitrogens with zero attached hydrogens (tertiary/aromatic N) is 2. The highest BCUT2D eigenvalue weighted by Gasteiger charge is 2.11. The predicted molar refractivity (Wildman–Crippen MR) is 83.9 cm³/mol. The zero-order chi connectivity index (χ0) is 15.4. The fourth-order valence-electron chi connectivity index (χ4n) is 2.20. The van der Waals surface area contributed by atoms with E-state index < -0.39 is 0 Å². The Morgan fingerprint density at radius 1 is 1.00 bits per heavy atom. The molecule has 0 aliphatic heterocycles. The Morgan fingerprint density at radius 2 is 1.82 bits per heavy atom. The predicted octanol–water partition coefficient (Wildman–Crippen LogP) is 3.26. The van der Waals surface area contributed by atoms with Gasteiger partial charge in [0.05, 0.1) is 25.1 Å². The quantitative estimate of drug-likeness (QED) is 0.732. The van der Waals surface area contributed by atoms with Gasteiger partial charge in [-0.3, -0.25) is 0 Å². The van der Waals surface area contributed by atoms with E-state index in [0.717, 1.165) is 22.8 Å². The Hall–Kier alpha value is -2.76. The van der Waals surface area contributed by atoms with Crippen molar-refractivity contribution in [3.8, 4) is 34.4 Å². The molecular weight excluding hydrogens is 280 g/mol. The number of H-pyrrole nitrogens is 2. The van der Waals surface area contributed by atoms with Crippen molar-refractivity contribution in [2.75, 3.05) is 13.2 Å². The molecule has 0 unspecified atom stereocenters. The van der Waals surface area contributed by atoms with Crippen LogP contribution in [0.4, 0.5) is 0 Å². The van der Waals surface area contributed by atoms with Gasteiger partial charge in [-0.1, -0.05) is 0 Å².